The summed E-state index contributed by atoms with van der Waals surface area (Å²) in [6.45, 7) is 0. The zero-order valence-corrected chi connectivity index (χ0v) is 12.1. The lowest BCUT2D eigenvalue weighted by Crippen LogP contribution is -2.16. The summed E-state index contributed by atoms with van der Waals surface area (Å²) in [6.07, 6.45) is 0.956. The van der Waals surface area contributed by atoms with Crippen LogP contribution < -0.4 is 10.3 Å². The second-order valence-electron chi connectivity index (χ2n) is 3.74. The monoisotopic (exact) mass is 364 g/mol. The molecule has 106 valence electrons. The summed E-state index contributed by atoms with van der Waals surface area (Å²) < 4.78 is 52.5. The summed E-state index contributed by atoms with van der Waals surface area (Å²) in [7, 11) is -4.12. The molecule has 1 aromatic heterocycles. The topological polar surface area (TPSA) is 79.0 Å². The Kier molecular flexibility index (Phi) is 3.91. The molecule has 0 bridgehead atoms. The van der Waals surface area contributed by atoms with Crippen molar-refractivity contribution in [2.75, 3.05) is 4.72 Å². The molecule has 0 aliphatic heterocycles. The van der Waals surface area contributed by atoms with E-state index in [1.165, 1.54) is 0 Å². The minimum atomic E-state index is -4.12. The van der Waals surface area contributed by atoms with Crippen LogP contribution >= 0.6 is 15.9 Å². The van der Waals surface area contributed by atoms with Crippen molar-refractivity contribution in [3.8, 4) is 0 Å². The Morgan fingerprint density at radius 3 is 2.45 bits per heavy atom. The van der Waals surface area contributed by atoms with Gasteiger partial charge in [0, 0.05) is 18.3 Å². The zero-order valence-electron chi connectivity index (χ0n) is 9.65. The third-order valence-electron chi connectivity index (χ3n) is 2.32. The van der Waals surface area contributed by atoms with Gasteiger partial charge in [0.05, 0.1) is 10.2 Å². The van der Waals surface area contributed by atoms with Gasteiger partial charge in [0.2, 0.25) is 5.56 Å². The fourth-order valence-corrected chi connectivity index (χ4v) is 2.71. The highest BCUT2D eigenvalue weighted by Gasteiger charge is 2.18. The van der Waals surface area contributed by atoms with Crippen molar-refractivity contribution in [3.05, 3.63) is 56.9 Å². The van der Waals surface area contributed by atoms with E-state index in [9.17, 15) is 22.0 Å². The van der Waals surface area contributed by atoms with E-state index in [0.717, 1.165) is 24.4 Å². The number of hydrogen-bond donors (Lipinski definition) is 2. The Morgan fingerprint density at radius 1 is 1.15 bits per heavy atom. The van der Waals surface area contributed by atoms with Crippen LogP contribution in [0.4, 0.5) is 14.5 Å². The fourth-order valence-electron chi connectivity index (χ4n) is 1.37. The number of benzene rings is 1. The number of pyridine rings is 1. The third-order valence-corrected chi connectivity index (χ3v) is 4.29. The Balaban J connectivity index is 2.40. The molecule has 0 aliphatic rings. The van der Waals surface area contributed by atoms with Crippen molar-refractivity contribution in [2.24, 2.45) is 0 Å². The molecule has 0 unspecified atom stereocenters. The van der Waals surface area contributed by atoms with Gasteiger partial charge in [-0.05, 0) is 28.1 Å². The molecule has 0 atom stereocenters. The first-order chi connectivity index (χ1) is 9.29. The smallest absolute Gasteiger partial charge is 0.263 e. The van der Waals surface area contributed by atoms with Crippen molar-refractivity contribution in [2.45, 2.75) is 4.90 Å². The molecule has 0 spiro atoms. The number of rotatable bonds is 3. The van der Waals surface area contributed by atoms with Crippen LogP contribution in [0.25, 0.3) is 0 Å². The van der Waals surface area contributed by atoms with E-state index in [4.69, 9.17) is 0 Å². The molecule has 9 heteroatoms. The maximum atomic E-state index is 13.6. The highest BCUT2D eigenvalue weighted by Crippen LogP contribution is 2.25. The first kappa shape index (κ1) is 14.7. The van der Waals surface area contributed by atoms with Crippen LogP contribution in [-0.4, -0.2) is 13.4 Å². The second-order valence-corrected chi connectivity index (χ2v) is 6.28. The predicted octanol–water partition coefficient (Wildman–Crippen LogP) is 2.22. The Hall–Kier alpha value is -1.74. The van der Waals surface area contributed by atoms with E-state index in [-0.39, 0.29) is 9.37 Å². The summed E-state index contributed by atoms with van der Waals surface area (Å²) >= 11 is 2.78. The van der Waals surface area contributed by atoms with Gasteiger partial charge >= 0.3 is 0 Å². The molecular weight excluding hydrogens is 358 g/mol. The number of H-pyrrole nitrogens is 1. The summed E-state index contributed by atoms with van der Waals surface area (Å²) in [6, 6.07) is 3.57. The van der Waals surface area contributed by atoms with E-state index in [1.54, 1.807) is 0 Å². The summed E-state index contributed by atoms with van der Waals surface area (Å²) in [5.41, 5.74) is -1.01. The predicted molar refractivity (Wildman–Crippen MR) is 71.9 cm³/mol. The van der Waals surface area contributed by atoms with E-state index in [1.807, 2.05) is 4.72 Å². The van der Waals surface area contributed by atoms with E-state index < -0.39 is 32.9 Å². The highest BCUT2D eigenvalue weighted by molar-refractivity contribution is 9.10. The molecule has 2 N–H and O–H groups in total. The minimum absolute atomic E-state index is 0.123. The van der Waals surface area contributed by atoms with E-state index in [0.29, 0.717) is 6.07 Å². The Bertz CT molecular complexity index is 800. The number of nitrogens with one attached hydrogen (secondary N) is 2. The van der Waals surface area contributed by atoms with Crippen LogP contribution in [-0.2, 0) is 10.0 Å². The first-order valence-corrected chi connectivity index (χ1v) is 7.43. The lowest BCUT2D eigenvalue weighted by atomic mass is 10.3. The van der Waals surface area contributed by atoms with Gasteiger partial charge in [0.15, 0.2) is 0 Å². The molecule has 1 aromatic carbocycles. The van der Waals surface area contributed by atoms with Gasteiger partial charge in [-0.1, -0.05) is 0 Å². The van der Waals surface area contributed by atoms with Crippen LogP contribution in [0.5, 0.6) is 0 Å². The van der Waals surface area contributed by atoms with Crippen molar-refractivity contribution in [1.29, 1.82) is 0 Å². The number of aromatic amines is 1. The summed E-state index contributed by atoms with van der Waals surface area (Å²) in [5, 5.41) is 0. The van der Waals surface area contributed by atoms with Crippen LogP contribution in [0.3, 0.4) is 0 Å². The van der Waals surface area contributed by atoms with Gasteiger partial charge in [-0.25, -0.2) is 17.2 Å². The molecular formula is C11H7BrF2N2O3S. The normalized spacial score (nSPS) is 11.3. The van der Waals surface area contributed by atoms with Gasteiger partial charge < -0.3 is 4.98 Å². The van der Waals surface area contributed by atoms with Gasteiger partial charge in [-0.15, -0.1) is 0 Å². The lowest BCUT2D eigenvalue weighted by Gasteiger charge is -2.09. The maximum Gasteiger partial charge on any atom is 0.263 e. The molecule has 1 heterocycles. The van der Waals surface area contributed by atoms with Crippen LogP contribution in [0.2, 0.25) is 0 Å². The molecule has 0 saturated heterocycles. The summed E-state index contributed by atoms with van der Waals surface area (Å²) in [4.78, 5) is 12.8. The summed E-state index contributed by atoms with van der Waals surface area (Å²) in [5.74, 6) is -1.75. The van der Waals surface area contributed by atoms with Gasteiger partial charge in [-0.2, -0.15) is 0 Å². The second kappa shape index (κ2) is 5.33. The fraction of sp³-hybridized carbons (Fsp3) is 0. The van der Waals surface area contributed by atoms with Crippen molar-refractivity contribution >= 4 is 31.6 Å². The molecule has 0 amide bonds. The first-order valence-electron chi connectivity index (χ1n) is 5.16. The lowest BCUT2D eigenvalue weighted by molar-refractivity contribution is 0.591. The van der Waals surface area contributed by atoms with Crippen molar-refractivity contribution < 1.29 is 17.2 Å². The quantitative estimate of drug-likeness (QED) is 0.819. The zero-order chi connectivity index (χ0) is 14.9. The average Bonchev–Trinajstić information content (AvgIpc) is 2.36. The molecule has 0 aliphatic carbocycles. The maximum absolute atomic E-state index is 13.6. The Morgan fingerprint density at radius 2 is 1.85 bits per heavy atom. The molecule has 5 nitrogen and oxygen atoms in total. The number of anilines is 1. The van der Waals surface area contributed by atoms with Gasteiger partial charge in [-0.3, -0.25) is 9.52 Å². The van der Waals surface area contributed by atoms with Gasteiger partial charge in [0.1, 0.15) is 16.5 Å². The van der Waals surface area contributed by atoms with Crippen LogP contribution in [0, 0.1) is 11.6 Å². The molecule has 2 aromatic rings. The number of sulfonamides is 1. The molecule has 0 radical (unpaired) electrons. The molecule has 0 fully saturated rings. The third kappa shape index (κ3) is 3.05. The number of hydrogen-bond acceptors (Lipinski definition) is 3. The number of halogens is 3. The standard InChI is InChI=1S/C11H7BrF2N2O3S/c12-7-3-9(14)10(4-8(7)13)16-20(18,19)6-1-2-11(17)15-5-6/h1-5,16H,(H,15,17). The van der Waals surface area contributed by atoms with Gasteiger partial charge in [0.25, 0.3) is 10.0 Å². The molecule has 0 saturated carbocycles. The average molecular weight is 365 g/mol. The van der Waals surface area contributed by atoms with Crippen LogP contribution in [0.1, 0.15) is 0 Å². The van der Waals surface area contributed by atoms with E-state index in [2.05, 4.69) is 20.9 Å². The van der Waals surface area contributed by atoms with Crippen LogP contribution in [0.15, 0.2) is 44.6 Å². The highest BCUT2D eigenvalue weighted by atomic mass is 79.9. The minimum Gasteiger partial charge on any atom is -0.328 e. The Labute approximate surface area is 120 Å². The SMILES string of the molecule is O=c1ccc(S(=O)(=O)Nc2cc(F)c(Br)cc2F)c[nH]1. The molecule has 2 rings (SSSR count). The molecule has 20 heavy (non-hydrogen) atoms. The van der Waals surface area contributed by atoms with Crippen molar-refractivity contribution in [1.82, 2.24) is 4.98 Å². The largest absolute Gasteiger partial charge is 0.328 e. The number of aromatic nitrogens is 1. The van der Waals surface area contributed by atoms with Crippen molar-refractivity contribution in [3.63, 3.8) is 0 Å². The van der Waals surface area contributed by atoms with E-state index >= 15 is 0 Å².